The van der Waals surface area contributed by atoms with Crippen LogP contribution in [0.1, 0.15) is 11.1 Å². The van der Waals surface area contributed by atoms with Crippen LogP contribution in [0.4, 0.5) is 16.2 Å². The fourth-order valence-electron chi connectivity index (χ4n) is 3.35. The number of methoxy groups -OCH3 is 1. The molecule has 3 aromatic rings. The molecule has 0 spiro atoms. The minimum absolute atomic E-state index is 0.0856. The maximum absolute atomic E-state index is 12.8. The number of ether oxygens (including phenoxy) is 2. The minimum Gasteiger partial charge on any atom is -0.493 e. The molecule has 3 aromatic carbocycles. The number of anilines is 1. The van der Waals surface area contributed by atoms with Gasteiger partial charge in [-0.25, -0.2) is 9.69 Å². The number of amides is 3. The Bertz CT molecular complexity index is 1240. The van der Waals surface area contributed by atoms with E-state index in [1.54, 1.807) is 30.3 Å². The number of carbonyl (C=O) groups is 2. The number of nitro benzene ring substituents is 1. The van der Waals surface area contributed by atoms with Gasteiger partial charge in [-0.1, -0.05) is 48.5 Å². The minimum atomic E-state index is -0.644. The third-order valence-corrected chi connectivity index (χ3v) is 4.94. The highest BCUT2D eigenvalue weighted by molar-refractivity contribution is 6.28. The van der Waals surface area contributed by atoms with Gasteiger partial charge in [-0.05, 0) is 29.8 Å². The summed E-state index contributed by atoms with van der Waals surface area (Å²) in [6.07, 6.45) is 1.25. The van der Waals surface area contributed by atoms with Gasteiger partial charge in [-0.2, -0.15) is 0 Å². The molecule has 0 atom stereocenters. The number of benzene rings is 3. The first-order valence-electron chi connectivity index (χ1n) is 9.93. The van der Waals surface area contributed by atoms with Crippen molar-refractivity contribution in [1.82, 2.24) is 5.32 Å². The van der Waals surface area contributed by atoms with Crippen LogP contribution in [-0.4, -0.2) is 24.0 Å². The maximum Gasteiger partial charge on any atom is 0.333 e. The van der Waals surface area contributed by atoms with Crippen LogP contribution in [0, 0.1) is 10.1 Å². The second-order valence-corrected chi connectivity index (χ2v) is 7.06. The van der Waals surface area contributed by atoms with E-state index in [1.807, 2.05) is 30.3 Å². The molecule has 1 heterocycles. The fraction of sp³-hybridized carbons (Fsp3) is 0.0833. The average Bonchev–Trinajstić information content (AvgIpc) is 3.11. The van der Waals surface area contributed by atoms with Gasteiger partial charge in [0.2, 0.25) is 0 Å². The normalized spacial score (nSPS) is 14.3. The van der Waals surface area contributed by atoms with Crippen molar-refractivity contribution in [2.75, 3.05) is 12.0 Å². The number of para-hydroxylation sites is 1. The lowest BCUT2D eigenvalue weighted by Crippen LogP contribution is -2.30. The first-order chi connectivity index (χ1) is 16.0. The largest absolute Gasteiger partial charge is 0.493 e. The van der Waals surface area contributed by atoms with Gasteiger partial charge in [0.25, 0.3) is 11.6 Å². The van der Waals surface area contributed by atoms with Crippen LogP contribution < -0.4 is 19.7 Å². The highest BCUT2D eigenvalue weighted by Gasteiger charge is 2.35. The lowest BCUT2D eigenvalue weighted by Gasteiger charge is -2.12. The molecule has 33 heavy (non-hydrogen) atoms. The Kier molecular flexibility index (Phi) is 6.03. The van der Waals surface area contributed by atoms with Gasteiger partial charge in [0, 0.05) is 0 Å². The van der Waals surface area contributed by atoms with E-state index in [1.165, 1.54) is 25.3 Å². The van der Waals surface area contributed by atoms with E-state index in [9.17, 15) is 19.7 Å². The number of urea groups is 1. The number of nitrogens with zero attached hydrogens (tertiary/aromatic N) is 2. The summed E-state index contributed by atoms with van der Waals surface area (Å²) < 4.78 is 11.1. The third kappa shape index (κ3) is 4.52. The van der Waals surface area contributed by atoms with E-state index in [2.05, 4.69) is 5.32 Å². The molecule has 0 aromatic heterocycles. The Balaban J connectivity index is 1.67. The molecule has 0 unspecified atom stereocenters. The smallest absolute Gasteiger partial charge is 0.333 e. The van der Waals surface area contributed by atoms with Gasteiger partial charge in [0.1, 0.15) is 12.3 Å². The van der Waals surface area contributed by atoms with Gasteiger partial charge in [-0.3, -0.25) is 14.9 Å². The number of nitro groups is 1. The van der Waals surface area contributed by atoms with Gasteiger partial charge in [0.05, 0.1) is 29.4 Å². The number of imide groups is 1. The molecule has 1 N–H and O–H groups in total. The first kappa shape index (κ1) is 21.6. The Morgan fingerprint density at radius 2 is 1.67 bits per heavy atom. The predicted octanol–water partition coefficient (Wildman–Crippen LogP) is 4.28. The van der Waals surface area contributed by atoms with Crippen molar-refractivity contribution >= 4 is 29.4 Å². The molecule has 1 saturated heterocycles. The zero-order chi connectivity index (χ0) is 23.4. The van der Waals surface area contributed by atoms with E-state index in [-0.39, 0.29) is 35.1 Å². The fourth-order valence-corrected chi connectivity index (χ4v) is 3.35. The van der Waals surface area contributed by atoms with Gasteiger partial charge < -0.3 is 14.8 Å². The van der Waals surface area contributed by atoms with Crippen LogP contribution in [0.5, 0.6) is 11.5 Å². The number of rotatable bonds is 7. The Morgan fingerprint density at radius 1 is 1.00 bits per heavy atom. The van der Waals surface area contributed by atoms with Crippen LogP contribution in [0.25, 0.3) is 6.08 Å². The summed E-state index contributed by atoms with van der Waals surface area (Å²) in [5.74, 6) is -0.188. The van der Waals surface area contributed by atoms with Crippen LogP contribution in [-0.2, 0) is 11.4 Å². The third-order valence-electron chi connectivity index (χ3n) is 4.94. The summed E-state index contributed by atoms with van der Waals surface area (Å²) in [5, 5.41) is 14.2. The van der Waals surface area contributed by atoms with E-state index < -0.39 is 16.9 Å². The van der Waals surface area contributed by atoms with E-state index in [4.69, 9.17) is 9.47 Å². The SMILES string of the molecule is COc1cc(/C=C2/NC(=O)N(c3ccccc3)C2=O)c([N+](=O)[O-])cc1OCc1ccccc1. The van der Waals surface area contributed by atoms with Gasteiger partial charge in [-0.15, -0.1) is 0 Å². The first-order valence-corrected chi connectivity index (χ1v) is 9.93. The maximum atomic E-state index is 12.8. The van der Waals surface area contributed by atoms with Crippen molar-refractivity contribution in [3.63, 3.8) is 0 Å². The molecule has 4 rings (SSSR count). The quantitative estimate of drug-likeness (QED) is 0.252. The molecule has 9 nitrogen and oxygen atoms in total. The number of hydrogen-bond acceptors (Lipinski definition) is 6. The molecular formula is C24H19N3O6. The van der Waals surface area contributed by atoms with Crippen LogP contribution >= 0.6 is 0 Å². The molecule has 0 bridgehead atoms. The summed E-state index contributed by atoms with van der Waals surface area (Å²) in [6.45, 7) is 0.190. The molecule has 9 heteroatoms. The Hall–Kier alpha value is -4.66. The second-order valence-electron chi connectivity index (χ2n) is 7.06. The Morgan fingerprint density at radius 3 is 2.30 bits per heavy atom. The Labute approximate surface area is 189 Å². The van der Waals surface area contributed by atoms with Crippen LogP contribution in [0.15, 0.2) is 78.5 Å². The predicted molar refractivity (Wildman–Crippen MR) is 121 cm³/mol. The molecule has 1 aliphatic rings. The summed E-state index contributed by atoms with van der Waals surface area (Å²) in [6, 6.07) is 19.7. The molecular weight excluding hydrogens is 426 g/mol. The molecule has 3 amide bonds. The summed E-state index contributed by atoms with van der Waals surface area (Å²) in [4.78, 5) is 37.3. The zero-order valence-corrected chi connectivity index (χ0v) is 17.6. The average molecular weight is 445 g/mol. The van der Waals surface area contributed by atoms with Gasteiger partial charge in [0.15, 0.2) is 11.5 Å². The molecule has 1 fully saturated rings. The number of hydrogen-bond donors (Lipinski definition) is 1. The molecule has 0 radical (unpaired) electrons. The standard InChI is InChI=1S/C24H19N3O6/c1-32-21-13-17(12-19-23(28)26(24(29)25-19)18-10-6-3-7-11-18)20(27(30)31)14-22(21)33-15-16-8-4-2-5-9-16/h2-14H,15H2,1H3,(H,25,29)/b19-12+. The molecule has 166 valence electrons. The highest BCUT2D eigenvalue weighted by Crippen LogP contribution is 2.36. The highest BCUT2D eigenvalue weighted by atomic mass is 16.6. The van der Waals surface area contributed by atoms with E-state index >= 15 is 0 Å². The summed E-state index contributed by atoms with van der Waals surface area (Å²) >= 11 is 0. The van der Waals surface area contributed by atoms with Crippen molar-refractivity contribution in [2.24, 2.45) is 0 Å². The zero-order valence-electron chi connectivity index (χ0n) is 17.6. The van der Waals surface area contributed by atoms with Crippen LogP contribution in [0.3, 0.4) is 0 Å². The van der Waals surface area contributed by atoms with Crippen molar-refractivity contribution in [2.45, 2.75) is 6.61 Å². The summed E-state index contributed by atoms with van der Waals surface area (Å²) in [7, 11) is 1.41. The number of nitrogens with one attached hydrogen (secondary N) is 1. The van der Waals surface area contributed by atoms with Crippen molar-refractivity contribution in [1.29, 1.82) is 0 Å². The van der Waals surface area contributed by atoms with E-state index in [0.29, 0.717) is 5.69 Å². The molecule has 0 saturated carbocycles. The van der Waals surface area contributed by atoms with Crippen molar-refractivity contribution in [3.8, 4) is 11.5 Å². The molecule has 1 aliphatic heterocycles. The second kappa shape index (κ2) is 9.23. The van der Waals surface area contributed by atoms with Crippen molar-refractivity contribution in [3.05, 3.63) is 99.7 Å². The van der Waals surface area contributed by atoms with Crippen LogP contribution in [0.2, 0.25) is 0 Å². The van der Waals surface area contributed by atoms with Crippen molar-refractivity contribution < 1.29 is 24.0 Å². The lowest BCUT2D eigenvalue weighted by atomic mass is 10.1. The number of carbonyl (C=O) groups excluding carboxylic acids is 2. The monoisotopic (exact) mass is 445 g/mol. The molecule has 0 aliphatic carbocycles. The topological polar surface area (TPSA) is 111 Å². The lowest BCUT2D eigenvalue weighted by molar-refractivity contribution is -0.385. The van der Waals surface area contributed by atoms with Gasteiger partial charge >= 0.3 is 6.03 Å². The van der Waals surface area contributed by atoms with E-state index in [0.717, 1.165) is 10.5 Å². The summed E-state index contributed by atoms with van der Waals surface area (Å²) in [5.41, 5.74) is 0.967.